The average molecular weight is 276 g/mol. The van der Waals surface area contributed by atoms with Crippen molar-refractivity contribution < 1.29 is 4.79 Å². The molecule has 0 atom stereocenters. The minimum Gasteiger partial charge on any atom is -0.336 e. The molecule has 0 spiro atoms. The van der Waals surface area contributed by atoms with Crippen LogP contribution in [0.3, 0.4) is 0 Å². The Morgan fingerprint density at radius 2 is 2.15 bits per heavy atom. The summed E-state index contributed by atoms with van der Waals surface area (Å²) in [5.74, 6) is 0.192. The minimum atomic E-state index is 0.192. The molecule has 2 heterocycles. The minimum absolute atomic E-state index is 0.192. The summed E-state index contributed by atoms with van der Waals surface area (Å²) in [6, 6.07) is 5.95. The van der Waals surface area contributed by atoms with Crippen LogP contribution in [0.1, 0.15) is 18.3 Å². The predicted octanol–water partition coefficient (Wildman–Crippen LogP) is 0.644. The van der Waals surface area contributed by atoms with E-state index in [9.17, 15) is 4.79 Å². The van der Waals surface area contributed by atoms with E-state index in [1.807, 2.05) is 36.9 Å². The zero-order chi connectivity index (χ0) is 14.4. The summed E-state index contributed by atoms with van der Waals surface area (Å²) in [4.78, 5) is 20.9. The van der Waals surface area contributed by atoms with Gasteiger partial charge in [-0.1, -0.05) is 6.07 Å². The molecule has 1 aliphatic rings. The van der Waals surface area contributed by atoms with E-state index < -0.39 is 0 Å². The lowest BCUT2D eigenvalue weighted by Gasteiger charge is -2.29. The molecule has 110 valence electrons. The number of carbonyl (C=O) groups is 1. The Morgan fingerprint density at radius 3 is 2.80 bits per heavy atom. The molecule has 1 aromatic heterocycles. The van der Waals surface area contributed by atoms with Crippen LogP contribution in [0.25, 0.3) is 0 Å². The molecule has 0 radical (unpaired) electrons. The van der Waals surface area contributed by atoms with E-state index in [2.05, 4.69) is 15.2 Å². The van der Waals surface area contributed by atoms with Gasteiger partial charge in [0.2, 0.25) is 5.91 Å². The van der Waals surface area contributed by atoms with E-state index in [0.29, 0.717) is 13.1 Å². The molecular formula is C15H24N4O. The lowest BCUT2D eigenvalue weighted by Crippen LogP contribution is -2.48. The Labute approximate surface area is 121 Å². The summed E-state index contributed by atoms with van der Waals surface area (Å²) in [6.07, 6.45) is 0. The van der Waals surface area contributed by atoms with Gasteiger partial charge >= 0.3 is 0 Å². The maximum absolute atomic E-state index is 12.4. The molecule has 1 N–H and O–H groups in total. The topological polar surface area (TPSA) is 48.5 Å². The summed E-state index contributed by atoms with van der Waals surface area (Å²) >= 11 is 0. The van der Waals surface area contributed by atoms with Crippen molar-refractivity contribution in [2.75, 3.05) is 39.3 Å². The number of hydrogen-bond donors (Lipinski definition) is 1. The molecule has 0 aromatic carbocycles. The Hall–Kier alpha value is -1.46. The zero-order valence-electron chi connectivity index (χ0n) is 12.4. The maximum Gasteiger partial charge on any atom is 0.237 e. The number of amides is 1. The van der Waals surface area contributed by atoms with Crippen LogP contribution in [-0.4, -0.2) is 60.0 Å². The third kappa shape index (κ3) is 4.28. The van der Waals surface area contributed by atoms with Crippen LogP contribution in [0.5, 0.6) is 0 Å². The number of hydrogen-bond acceptors (Lipinski definition) is 4. The van der Waals surface area contributed by atoms with Crippen LogP contribution in [-0.2, 0) is 11.3 Å². The molecule has 1 aromatic rings. The zero-order valence-corrected chi connectivity index (χ0v) is 12.4. The predicted molar refractivity (Wildman–Crippen MR) is 79.4 cm³/mol. The molecular weight excluding hydrogens is 252 g/mol. The second kappa shape index (κ2) is 7.36. The van der Waals surface area contributed by atoms with Crippen LogP contribution in [0.4, 0.5) is 0 Å². The van der Waals surface area contributed by atoms with Gasteiger partial charge in [-0.05, 0) is 26.0 Å². The number of nitrogens with zero attached hydrogens (tertiary/aromatic N) is 3. The highest BCUT2D eigenvalue weighted by molar-refractivity contribution is 5.78. The van der Waals surface area contributed by atoms with Gasteiger partial charge in [-0.2, -0.15) is 0 Å². The monoisotopic (exact) mass is 276 g/mol. The number of carbonyl (C=O) groups excluding carboxylic acids is 1. The number of aryl methyl sites for hydroxylation is 1. The Bertz CT molecular complexity index is 443. The van der Waals surface area contributed by atoms with Crippen molar-refractivity contribution in [1.29, 1.82) is 0 Å². The standard InChI is InChI=1S/C15H24N4O/c1-3-19(11-14-6-4-5-13(2)17-14)15(20)12-18-9-7-16-8-10-18/h4-6,16H,3,7-12H2,1-2H3. The third-order valence-corrected chi connectivity index (χ3v) is 3.60. The molecule has 0 saturated carbocycles. The van der Waals surface area contributed by atoms with E-state index in [-0.39, 0.29) is 5.91 Å². The fraction of sp³-hybridized carbons (Fsp3) is 0.600. The van der Waals surface area contributed by atoms with Gasteiger partial charge in [0.1, 0.15) is 0 Å². The first-order valence-corrected chi connectivity index (χ1v) is 7.32. The van der Waals surface area contributed by atoms with E-state index >= 15 is 0 Å². The first kappa shape index (κ1) is 14.9. The van der Waals surface area contributed by atoms with Gasteiger partial charge in [0, 0.05) is 38.4 Å². The first-order chi connectivity index (χ1) is 9.69. The normalized spacial score (nSPS) is 16.1. The molecule has 5 heteroatoms. The van der Waals surface area contributed by atoms with Crippen LogP contribution >= 0.6 is 0 Å². The summed E-state index contributed by atoms with van der Waals surface area (Å²) in [5, 5.41) is 3.30. The van der Waals surface area contributed by atoms with E-state index in [1.54, 1.807) is 0 Å². The molecule has 0 aliphatic carbocycles. The highest BCUT2D eigenvalue weighted by atomic mass is 16.2. The first-order valence-electron chi connectivity index (χ1n) is 7.32. The van der Waals surface area contributed by atoms with Crippen LogP contribution in [0.15, 0.2) is 18.2 Å². The fourth-order valence-electron chi connectivity index (χ4n) is 2.42. The second-order valence-corrected chi connectivity index (χ2v) is 5.20. The van der Waals surface area contributed by atoms with Crippen LogP contribution in [0, 0.1) is 6.92 Å². The highest BCUT2D eigenvalue weighted by Gasteiger charge is 2.18. The molecule has 0 unspecified atom stereocenters. The summed E-state index contributed by atoms with van der Waals surface area (Å²) in [7, 11) is 0. The molecule has 1 aliphatic heterocycles. The Balaban J connectivity index is 1.91. The van der Waals surface area contributed by atoms with Crippen molar-refractivity contribution in [3.05, 3.63) is 29.6 Å². The smallest absolute Gasteiger partial charge is 0.237 e. The summed E-state index contributed by atoms with van der Waals surface area (Å²) in [6.45, 7) is 9.68. The lowest BCUT2D eigenvalue weighted by molar-refractivity contribution is -0.133. The number of likely N-dealkylation sites (N-methyl/N-ethyl adjacent to an activating group) is 1. The molecule has 0 bridgehead atoms. The summed E-state index contributed by atoms with van der Waals surface area (Å²) < 4.78 is 0. The fourth-order valence-corrected chi connectivity index (χ4v) is 2.42. The van der Waals surface area contributed by atoms with E-state index in [1.165, 1.54) is 0 Å². The van der Waals surface area contributed by atoms with Crippen molar-refractivity contribution in [3.8, 4) is 0 Å². The molecule has 1 amide bonds. The van der Waals surface area contributed by atoms with Crippen molar-refractivity contribution >= 4 is 5.91 Å². The number of rotatable bonds is 5. The Kier molecular flexibility index (Phi) is 5.49. The molecule has 1 fully saturated rings. The van der Waals surface area contributed by atoms with Crippen molar-refractivity contribution in [3.63, 3.8) is 0 Å². The maximum atomic E-state index is 12.4. The lowest BCUT2D eigenvalue weighted by atomic mass is 10.3. The van der Waals surface area contributed by atoms with Gasteiger partial charge in [-0.25, -0.2) is 0 Å². The quantitative estimate of drug-likeness (QED) is 0.857. The van der Waals surface area contributed by atoms with Crippen LogP contribution in [0.2, 0.25) is 0 Å². The van der Waals surface area contributed by atoms with Crippen LogP contribution < -0.4 is 5.32 Å². The number of piperazine rings is 1. The average Bonchev–Trinajstić information content (AvgIpc) is 2.46. The van der Waals surface area contributed by atoms with Gasteiger partial charge < -0.3 is 10.2 Å². The summed E-state index contributed by atoms with van der Waals surface area (Å²) in [5.41, 5.74) is 1.95. The molecule has 1 saturated heterocycles. The van der Waals surface area contributed by atoms with Gasteiger partial charge in [0.05, 0.1) is 18.8 Å². The van der Waals surface area contributed by atoms with Gasteiger partial charge in [0.15, 0.2) is 0 Å². The van der Waals surface area contributed by atoms with Crippen molar-refractivity contribution in [1.82, 2.24) is 20.1 Å². The van der Waals surface area contributed by atoms with Gasteiger partial charge in [-0.3, -0.25) is 14.7 Å². The largest absolute Gasteiger partial charge is 0.336 e. The Morgan fingerprint density at radius 1 is 1.40 bits per heavy atom. The third-order valence-electron chi connectivity index (χ3n) is 3.60. The van der Waals surface area contributed by atoms with Crippen molar-refractivity contribution in [2.24, 2.45) is 0 Å². The highest BCUT2D eigenvalue weighted by Crippen LogP contribution is 2.05. The second-order valence-electron chi connectivity index (χ2n) is 5.20. The van der Waals surface area contributed by atoms with Gasteiger partial charge in [-0.15, -0.1) is 0 Å². The van der Waals surface area contributed by atoms with E-state index in [0.717, 1.165) is 44.1 Å². The van der Waals surface area contributed by atoms with Crippen molar-refractivity contribution in [2.45, 2.75) is 20.4 Å². The van der Waals surface area contributed by atoms with E-state index in [4.69, 9.17) is 0 Å². The molecule has 2 rings (SSSR count). The molecule has 20 heavy (non-hydrogen) atoms. The number of nitrogens with one attached hydrogen (secondary N) is 1. The SMILES string of the molecule is CCN(Cc1cccc(C)n1)C(=O)CN1CCNCC1. The molecule has 5 nitrogen and oxygen atoms in total. The van der Waals surface area contributed by atoms with Gasteiger partial charge in [0.25, 0.3) is 0 Å². The number of aromatic nitrogens is 1. The number of pyridine rings is 1.